The minimum absolute atomic E-state index is 0.0376. The molecule has 1 aromatic carbocycles. The van der Waals surface area contributed by atoms with Crippen LogP contribution >= 0.6 is 0 Å². The molecule has 1 rings (SSSR count). The Kier molecular flexibility index (Phi) is 4.65. The van der Waals surface area contributed by atoms with E-state index >= 15 is 0 Å². The molecule has 0 amide bonds. The molecule has 0 aliphatic heterocycles. The zero-order chi connectivity index (χ0) is 13.7. The molecule has 1 aromatic rings. The summed E-state index contributed by atoms with van der Waals surface area (Å²) in [6.45, 7) is 3.66. The maximum atomic E-state index is 10.9. The highest BCUT2D eigenvalue weighted by molar-refractivity contribution is 5.69. The van der Waals surface area contributed by atoms with Crippen molar-refractivity contribution in [3.05, 3.63) is 33.9 Å². The predicted octanol–water partition coefficient (Wildman–Crippen LogP) is 2.57. The molecule has 6 nitrogen and oxygen atoms in total. The normalized spacial score (nSPS) is 11.9. The monoisotopic (exact) mass is 252 g/mol. The van der Waals surface area contributed by atoms with Crippen molar-refractivity contribution in [1.82, 2.24) is 0 Å². The molecule has 0 bridgehead atoms. The Morgan fingerprint density at radius 3 is 2.72 bits per heavy atom. The lowest BCUT2D eigenvalue weighted by Gasteiger charge is -2.16. The van der Waals surface area contributed by atoms with Gasteiger partial charge in [0.25, 0.3) is 5.69 Å². The standard InChI is InChI=1S/C12H16N2O4/c1-3-9(7-12(15)16)13-10-6-8(2)4-5-11(10)14(17)18/h4-6,9,13H,3,7H2,1-2H3,(H,15,16). The van der Waals surface area contributed by atoms with E-state index in [0.717, 1.165) is 5.56 Å². The summed E-state index contributed by atoms with van der Waals surface area (Å²) in [5.74, 6) is -0.926. The van der Waals surface area contributed by atoms with Gasteiger partial charge in [0, 0.05) is 12.1 Å². The molecule has 0 aromatic heterocycles. The summed E-state index contributed by atoms with van der Waals surface area (Å²) in [7, 11) is 0. The summed E-state index contributed by atoms with van der Waals surface area (Å²) in [6, 6.07) is 4.41. The molecule has 0 radical (unpaired) electrons. The van der Waals surface area contributed by atoms with E-state index in [0.29, 0.717) is 12.1 Å². The summed E-state index contributed by atoms with van der Waals surface area (Å²) in [5.41, 5.74) is 1.21. The number of carboxylic acids is 1. The molecular weight excluding hydrogens is 236 g/mol. The largest absolute Gasteiger partial charge is 0.481 e. The number of aryl methyl sites for hydroxylation is 1. The Morgan fingerprint density at radius 2 is 2.22 bits per heavy atom. The molecule has 0 saturated heterocycles. The molecule has 0 spiro atoms. The first-order valence-electron chi connectivity index (χ1n) is 5.67. The summed E-state index contributed by atoms with van der Waals surface area (Å²) in [4.78, 5) is 21.1. The Hall–Kier alpha value is -2.11. The molecule has 1 atom stereocenters. The Labute approximate surface area is 105 Å². The van der Waals surface area contributed by atoms with Crippen LogP contribution in [-0.2, 0) is 4.79 Å². The third-order valence-electron chi connectivity index (χ3n) is 2.62. The Balaban J connectivity index is 2.96. The maximum absolute atomic E-state index is 10.9. The van der Waals surface area contributed by atoms with Crippen molar-refractivity contribution in [3.8, 4) is 0 Å². The lowest BCUT2D eigenvalue weighted by Crippen LogP contribution is -2.22. The van der Waals surface area contributed by atoms with Crippen LogP contribution in [0.2, 0.25) is 0 Å². The van der Waals surface area contributed by atoms with Crippen LogP contribution in [0.15, 0.2) is 18.2 Å². The van der Waals surface area contributed by atoms with Crippen molar-refractivity contribution >= 4 is 17.3 Å². The van der Waals surface area contributed by atoms with Crippen molar-refractivity contribution in [2.45, 2.75) is 32.7 Å². The molecule has 18 heavy (non-hydrogen) atoms. The highest BCUT2D eigenvalue weighted by Gasteiger charge is 2.18. The average molecular weight is 252 g/mol. The molecule has 0 heterocycles. The number of carbonyl (C=O) groups is 1. The van der Waals surface area contributed by atoms with Gasteiger partial charge in [-0.05, 0) is 25.0 Å². The van der Waals surface area contributed by atoms with Gasteiger partial charge in [-0.2, -0.15) is 0 Å². The molecule has 1 unspecified atom stereocenters. The van der Waals surface area contributed by atoms with Crippen LogP contribution in [0, 0.1) is 17.0 Å². The van der Waals surface area contributed by atoms with Gasteiger partial charge in [-0.1, -0.05) is 13.0 Å². The number of aliphatic carboxylic acids is 1. The minimum atomic E-state index is -0.926. The number of hydrogen-bond acceptors (Lipinski definition) is 4. The zero-order valence-corrected chi connectivity index (χ0v) is 10.3. The van der Waals surface area contributed by atoms with Gasteiger partial charge in [0.2, 0.25) is 0 Å². The number of carboxylic acid groups (broad SMARTS) is 1. The summed E-state index contributed by atoms with van der Waals surface area (Å²) < 4.78 is 0. The lowest BCUT2D eigenvalue weighted by molar-refractivity contribution is -0.384. The first-order valence-corrected chi connectivity index (χ1v) is 5.67. The van der Waals surface area contributed by atoms with Crippen molar-refractivity contribution in [2.75, 3.05) is 5.32 Å². The van der Waals surface area contributed by atoms with Crippen LogP contribution in [0.25, 0.3) is 0 Å². The number of nitro groups is 1. The molecule has 98 valence electrons. The third-order valence-corrected chi connectivity index (χ3v) is 2.62. The molecule has 0 fully saturated rings. The first-order chi connectivity index (χ1) is 8.43. The number of nitro benzene ring substituents is 1. The van der Waals surface area contributed by atoms with Gasteiger partial charge < -0.3 is 10.4 Å². The van der Waals surface area contributed by atoms with E-state index < -0.39 is 10.9 Å². The van der Waals surface area contributed by atoms with Crippen LogP contribution in [0.4, 0.5) is 11.4 Å². The minimum Gasteiger partial charge on any atom is -0.481 e. The molecule has 0 saturated carbocycles. The van der Waals surface area contributed by atoms with Gasteiger partial charge >= 0.3 is 5.97 Å². The van der Waals surface area contributed by atoms with Crippen molar-refractivity contribution < 1.29 is 14.8 Å². The molecule has 2 N–H and O–H groups in total. The fraction of sp³-hybridized carbons (Fsp3) is 0.417. The van der Waals surface area contributed by atoms with Crippen molar-refractivity contribution in [3.63, 3.8) is 0 Å². The lowest BCUT2D eigenvalue weighted by atomic mass is 10.1. The van der Waals surface area contributed by atoms with Crippen molar-refractivity contribution in [2.24, 2.45) is 0 Å². The topological polar surface area (TPSA) is 92.5 Å². The number of rotatable bonds is 6. The van der Waals surface area contributed by atoms with E-state index in [9.17, 15) is 14.9 Å². The van der Waals surface area contributed by atoms with Crippen molar-refractivity contribution in [1.29, 1.82) is 0 Å². The van der Waals surface area contributed by atoms with Crippen LogP contribution < -0.4 is 5.32 Å². The highest BCUT2D eigenvalue weighted by Crippen LogP contribution is 2.26. The molecule has 0 aliphatic rings. The fourth-order valence-electron chi connectivity index (χ4n) is 1.65. The van der Waals surface area contributed by atoms with Gasteiger partial charge in [-0.25, -0.2) is 0 Å². The second-order valence-electron chi connectivity index (χ2n) is 4.13. The number of nitrogens with one attached hydrogen (secondary N) is 1. The Bertz CT molecular complexity index is 459. The van der Waals surface area contributed by atoms with Crippen LogP contribution in [0.1, 0.15) is 25.3 Å². The second-order valence-corrected chi connectivity index (χ2v) is 4.13. The second kappa shape index (κ2) is 6.00. The number of hydrogen-bond donors (Lipinski definition) is 2. The van der Waals surface area contributed by atoms with Gasteiger partial charge in [0.1, 0.15) is 5.69 Å². The van der Waals surface area contributed by atoms with Gasteiger partial charge in [-0.3, -0.25) is 14.9 Å². The van der Waals surface area contributed by atoms with Gasteiger partial charge in [0.05, 0.1) is 11.3 Å². The van der Waals surface area contributed by atoms with E-state index in [1.54, 1.807) is 12.1 Å². The van der Waals surface area contributed by atoms with E-state index in [4.69, 9.17) is 5.11 Å². The summed E-state index contributed by atoms with van der Waals surface area (Å²) in [6.07, 6.45) is 0.513. The van der Waals surface area contributed by atoms with E-state index in [2.05, 4.69) is 5.32 Å². The molecular formula is C12H16N2O4. The summed E-state index contributed by atoms with van der Waals surface area (Å²) in [5, 5.41) is 22.6. The predicted molar refractivity (Wildman–Crippen MR) is 67.8 cm³/mol. The van der Waals surface area contributed by atoms with Crippen LogP contribution in [0.3, 0.4) is 0 Å². The first kappa shape index (κ1) is 14.0. The van der Waals surface area contributed by atoms with Gasteiger partial charge in [-0.15, -0.1) is 0 Å². The van der Waals surface area contributed by atoms with E-state index in [1.165, 1.54) is 6.07 Å². The van der Waals surface area contributed by atoms with Gasteiger partial charge in [0.15, 0.2) is 0 Å². The number of nitrogens with zero attached hydrogens (tertiary/aromatic N) is 1. The maximum Gasteiger partial charge on any atom is 0.305 e. The quantitative estimate of drug-likeness (QED) is 0.599. The third kappa shape index (κ3) is 3.73. The SMILES string of the molecule is CCC(CC(=O)O)Nc1cc(C)ccc1[N+](=O)[O-]. The number of benzene rings is 1. The zero-order valence-electron chi connectivity index (χ0n) is 10.3. The van der Waals surface area contributed by atoms with E-state index in [-0.39, 0.29) is 18.2 Å². The highest BCUT2D eigenvalue weighted by atomic mass is 16.6. The Morgan fingerprint density at radius 1 is 1.56 bits per heavy atom. The fourth-order valence-corrected chi connectivity index (χ4v) is 1.65. The van der Waals surface area contributed by atoms with Crippen LogP contribution in [0.5, 0.6) is 0 Å². The van der Waals surface area contributed by atoms with E-state index in [1.807, 2.05) is 13.8 Å². The number of anilines is 1. The smallest absolute Gasteiger partial charge is 0.305 e. The summed E-state index contributed by atoms with van der Waals surface area (Å²) >= 11 is 0. The molecule has 0 aliphatic carbocycles. The average Bonchev–Trinajstić information content (AvgIpc) is 2.27. The molecule has 6 heteroatoms. The van der Waals surface area contributed by atoms with Crippen LogP contribution in [-0.4, -0.2) is 22.0 Å².